The smallest absolute Gasteiger partial charge is 0.118 e. The highest BCUT2D eigenvalue weighted by atomic mass is 16.3. The molecule has 1 saturated heterocycles. The number of hydrogen-bond acceptors (Lipinski definition) is 2. The van der Waals surface area contributed by atoms with E-state index >= 15 is 0 Å². The molecule has 1 fully saturated rings. The van der Waals surface area contributed by atoms with Gasteiger partial charge in [0.1, 0.15) is 11.5 Å². The fourth-order valence-electron chi connectivity index (χ4n) is 2.23. The van der Waals surface area contributed by atoms with Gasteiger partial charge in [0.15, 0.2) is 0 Å². The van der Waals surface area contributed by atoms with Gasteiger partial charge in [-0.25, -0.2) is 0 Å². The van der Waals surface area contributed by atoms with Crippen LogP contribution in [0.3, 0.4) is 0 Å². The van der Waals surface area contributed by atoms with E-state index in [4.69, 9.17) is 4.42 Å². The third kappa shape index (κ3) is 2.88. The summed E-state index contributed by atoms with van der Waals surface area (Å²) >= 11 is 0. The predicted molar refractivity (Wildman–Crippen MR) is 66.5 cm³/mol. The van der Waals surface area contributed by atoms with Gasteiger partial charge in [0, 0.05) is 5.92 Å². The molecule has 0 atom stereocenters. The maximum Gasteiger partial charge on any atom is 0.118 e. The van der Waals surface area contributed by atoms with Gasteiger partial charge in [-0.2, -0.15) is 0 Å². The summed E-state index contributed by atoms with van der Waals surface area (Å²) in [7, 11) is 0. The Labute approximate surface area is 98.6 Å². The molecule has 0 aromatic carbocycles. The van der Waals surface area contributed by atoms with Crippen molar-refractivity contribution >= 4 is 0 Å². The van der Waals surface area contributed by atoms with Crippen LogP contribution >= 0.6 is 0 Å². The molecule has 2 nitrogen and oxygen atoms in total. The first-order chi connectivity index (χ1) is 7.65. The largest absolute Gasteiger partial charge is 0.464 e. The van der Waals surface area contributed by atoms with E-state index < -0.39 is 0 Å². The van der Waals surface area contributed by atoms with Gasteiger partial charge in [0.25, 0.3) is 0 Å². The van der Waals surface area contributed by atoms with Gasteiger partial charge in [-0.05, 0) is 44.0 Å². The fourth-order valence-corrected chi connectivity index (χ4v) is 2.23. The highest BCUT2D eigenvalue weighted by Gasteiger charge is 2.17. The van der Waals surface area contributed by atoms with Crippen LogP contribution < -0.4 is 0 Å². The summed E-state index contributed by atoms with van der Waals surface area (Å²) in [5.74, 6) is 3.63. The molecule has 0 amide bonds. The Kier molecular flexibility index (Phi) is 3.70. The van der Waals surface area contributed by atoms with Crippen molar-refractivity contribution in [3.63, 3.8) is 0 Å². The van der Waals surface area contributed by atoms with Crippen LogP contribution in [0.5, 0.6) is 0 Å². The van der Waals surface area contributed by atoms with Crippen LogP contribution in [0.2, 0.25) is 0 Å². The van der Waals surface area contributed by atoms with Crippen molar-refractivity contribution in [2.24, 2.45) is 5.92 Å². The van der Waals surface area contributed by atoms with E-state index in [1.54, 1.807) is 0 Å². The molecule has 1 aromatic heterocycles. The molecule has 0 spiro atoms. The molecule has 0 bridgehead atoms. The number of rotatable bonds is 3. The van der Waals surface area contributed by atoms with Gasteiger partial charge in [-0.1, -0.05) is 20.8 Å². The van der Waals surface area contributed by atoms with Gasteiger partial charge in [-0.3, -0.25) is 4.90 Å². The number of furan rings is 1. The fraction of sp³-hybridized carbons (Fsp3) is 0.714. The number of nitrogens with zero attached hydrogens (tertiary/aromatic N) is 1. The summed E-state index contributed by atoms with van der Waals surface area (Å²) in [6.07, 6.45) is 2.66. The summed E-state index contributed by atoms with van der Waals surface area (Å²) in [5, 5.41) is 0. The van der Waals surface area contributed by atoms with Crippen molar-refractivity contribution in [3.05, 3.63) is 23.7 Å². The van der Waals surface area contributed by atoms with Crippen LogP contribution in [0.25, 0.3) is 0 Å². The maximum atomic E-state index is 5.83. The van der Waals surface area contributed by atoms with Gasteiger partial charge < -0.3 is 4.42 Å². The highest BCUT2D eigenvalue weighted by Crippen LogP contribution is 2.21. The van der Waals surface area contributed by atoms with Crippen molar-refractivity contribution in [1.29, 1.82) is 0 Å². The van der Waals surface area contributed by atoms with Crippen LogP contribution in [0, 0.1) is 5.92 Å². The minimum absolute atomic E-state index is 0.495. The number of piperidine rings is 1. The molecule has 1 aromatic rings. The lowest BCUT2D eigenvalue weighted by molar-refractivity contribution is 0.172. The number of hydrogen-bond donors (Lipinski definition) is 0. The minimum Gasteiger partial charge on any atom is -0.464 e. The second-order valence-electron chi connectivity index (χ2n) is 5.42. The third-order valence-electron chi connectivity index (χ3n) is 3.51. The highest BCUT2D eigenvalue weighted by molar-refractivity contribution is 5.10. The molecule has 0 saturated carbocycles. The molecule has 16 heavy (non-hydrogen) atoms. The van der Waals surface area contributed by atoms with Crippen molar-refractivity contribution in [2.45, 2.75) is 46.1 Å². The lowest BCUT2D eigenvalue weighted by atomic mass is 9.99. The Morgan fingerprint density at radius 3 is 2.56 bits per heavy atom. The van der Waals surface area contributed by atoms with E-state index in [2.05, 4.69) is 37.8 Å². The summed E-state index contributed by atoms with van der Waals surface area (Å²) in [5.41, 5.74) is 0. The molecule has 2 heterocycles. The van der Waals surface area contributed by atoms with Crippen LogP contribution in [0.15, 0.2) is 16.5 Å². The average Bonchev–Trinajstić information content (AvgIpc) is 2.70. The Morgan fingerprint density at radius 1 is 1.31 bits per heavy atom. The zero-order valence-corrected chi connectivity index (χ0v) is 10.7. The molecular weight excluding hydrogens is 198 g/mol. The quantitative estimate of drug-likeness (QED) is 0.775. The van der Waals surface area contributed by atoms with Gasteiger partial charge in [-0.15, -0.1) is 0 Å². The maximum absolute atomic E-state index is 5.83. The molecule has 2 heteroatoms. The first-order valence-electron chi connectivity index (χ1n) is 6.46. The molecule has 0 radical (unpaired) electrons. The normalized spacial score (nSPS) is 19.5. The molecule has 2 rings (SSSR count). The molecule has 1 aliphatic heterocycles. The lowest BCUT2D eigenvalue weighted by Gasteiger charge is -2.29. The summed E-state index contributed by atoms with van der Waals surface area (Å²) < 4.78 is 5.83. The first-order valence-corrected chi connectivity index (χ1v) is 6.46. The lowest BCUT2D eigenvalue weighted by Crippen LogP contribution is -2.32. The van der Waals surface area contributed by atoms with E-state index in [1.165, 1.54) is 25.9 Å². The molecule has 90 valence electrons. The zero-order valence-electron chi connectivity index (χ0n) is 10.7. The Morgan fingerprint density at radius 2 is 2.00 bits per heavy atom. The van der Waals surface area contributed by atoms with Crippen LogP contribution in [0.4, 0.5) is 0 Å². The van der Waals surface area contributed by atoms with Gasteiger partial charge in [0.05, 0.1) is 6.54 Å². The van der Waals surface area contributed by atoms with Crippen molar-refractivity contribution in [3.8, 4) is 0 Å². The molecule has 0 N–H and O–H groups in total. The van der Waals surface area contributed by atoms with E-state index in [0.717, 1.165) is 24.0 Å². The van der Waals surface area contributed by atoms with Crippen molar-refractivity contribution < 1.29 is 4.42 Å². The van der Waals surface area contributed by atoms with E-state index in [9.17, 15) is 0 Å². The SMILES string of the molecule is CC1CCN(Cc2ccc(C(C)C)o2)CC1. The second kappa shape index (κ2) is 5.05. The number of likely N-dealkylation sites (tertiary alicyclic amines) is 1. The Balaban J connectivity index is 1.88. The topological polar surface area (TPSA) is 16.4 Å². The molecule has 0 unspecified atom stereocenters. The standard InChI is InChI=1S/C14H23NO/c1-11(2)14-5-4-13(16-14)10-15-8-6-12(3)7-9-15/h4-5,11-12H,6-10H2,1-3H3. The molecule has 1 aliphatic rings. The monoisotopic (exact) mass is 221 g/mol. The average molecular weight is 221 g/mol. The second-order valence-corrected chi connectivity index (χ2v) is 5.42. The summed E-state index contributed by atoms with van der Waals surface area (Å²) in [6.45, 7) is 10.1. The summed E-state index contributed by atoms with van der Waals surface area (Å²) in [6, 6.07) is 4.25. The first kappa shape index (κ1) is 11.7. The van der Waals surface area contributed by atoms with Gasteiger partial charge >= 0.3 is 0 Å². The van der Waals surface area contributed by atoms with E-state index in [1.807, 2.05) is 0 Å². The minimum atomic E-state index is 0.495. The van der Waals surface area contributed by atoms with Crippen molar-refractivity contribution in [2.75, 3.05) is 13.1 Å². The summed E-state index contributed by atoms with van der Waals surface area (Å²) in [4.78, 5) is 2.50. The van der Waals surface area contributed by atoms with Gasteiger partial charge in [0.2, 0.25) is 0 Å². The molecular formula is C14H23NO. The van der Waals surface area contributed by atoms with E-state index in [-0.39, 0.29) is 0 Å². The zero-order chi connectivity index (χ0) is 11.5. The van der Waals surface area contributed by atoms with Crippen LogP contribution in [-0.4, -0.2) is 18.0 Å². The molecule has 0 aliphatic carbocycles. The van der Waals surface area contributed by atoms with Crippen molar-refractivity contribution in [1.82, 2.24) is 4.90 Å². The van der Waals surface area contributed by atoms with Crippen LogP contribution in [-0.2, 0) is 6.54 Å². The van der Waals surface area contributed by atoms with E-state index in [0.29, 0.717) is 5.92 Å². The van der Waals surface area contributed by atoms with Crippen LogP contribution in [0.1, 0.15) is 51.1 Å². The Hall–Kier alpha value is -0.760. The third-order valence-corrected chi connectivity index (χ3v) is 3.51. The Bertz CT molecular complexity index is 321. The predicted octanol–water partition coefficient (Wildman–Crippen LogP) is 3.63.